The number of nitro groups is 1. The molecule has 0 saturated heterocycles. The number of fused-ring (bicyclic) bond motifs is 1. The SMILES string of the molecule is CCOC(=O)c1c(NC(=O)C=Cc2ccc([N+](=O)[O-])cc2)sc2c1CCN(C)C2. The van der Waals surface area contributed by atoms with Crippen LogP contribution in [-0.4, -0.2) is 41.9 Å². The van der Waals surface area contributed by atoms with E-state index in [2.05, 4.69) is 10.2 Å². The van der Waals surface area contributed by atoms with Gasteiger partial charge in [-0.3, -0.25) is 14.9 Å². The molecule has 0 radical (unpaired) electrons. The van der Waals surface area contributed by atoms with E-state index in [1.54, 1.807) is 25.1 Å². The molecule has 29 heavy (non-hydrogen) atoms. The summed E-state index contributed by atoms with van der Waals surface area (Å²) in [6.45, 7) is 3.57. The summed E-state index contributed by atoms with van der Waals surface area (Å²) in [5.41, 5.74) is 2.03. The molecular formula is C20H21N3O5S. The monoisotopic (exact) mass is 415 g/mol. The highest BCUT2D eigenvalue weighted by atomic mass is 32.1. The zero-order valence-electron chi connectivity index (χ0n) is 16.1. The highest BCUT2D eigenvalue weighted by Gasteiger charge is 2.28. The Balaban J connectivity index is 1.78. The van der Waals surface area contributed by atoms with Crippen molar-refractivity contribution in [1.82, 2.24) is 4.90 Å². The van der Waals surface area contributed by atoms with Gasteiger partial charge in [0.05, 0.1) is 17.1 Å². The quantitative estimate of drug-likeness (QED) is 0.335. The number of anilines is 1. The molecule has 1 aliphatic heterocycles. The molecule has 0 unspecified atom stereocenters. The van der Waals surface area contributed by atoms with E-state index in [1.807, 2.05) is 7.05 Å². The maximum Gasteiger partial charge on any atom is 0.341 e. The van der Waals surface area contributed by atoms with Gasteiger partial charge in [-0.2, -0.15) is 0 Å². The zero-order chi connectivity index (χ0) is 21.0. The first-order valence-electron chi connectivity index (χ1n) is 9.12. The predicted molar refractivity (Wildman–Crippen MR) is 111 cm³/mol. The minimum Gasteiger partial charge on any atom is -0.462 e. The average molecular weight is 415 g/mol. The van der Waals surface area contributed by atoms with Gasteiger partial charge >= 0.3 is 5.97 Å². The van der Waals surface area contributed by atoms with E-state index in [-0.39, 0.29) is 18.2 Å². The minimum atomic E-state index is -0.479. The second-order valence-electron chi connectivity index (χ2n) is 6.59. The standard InChI is InChI=1S/C20H21N3O5S/c1-3-28-20(25)18-15-10-11-22(2)12-16(15)29-19(18)21-17(24)9-6-13-4-7-14(8-5-13)23(26)27/h4-9H,3,10-12H2,1-2H3,(H,21,24). The Morgan fingerprint density at radius 3 is 2.72 bits per heavy atom. The molecule has 8 nitrogen and oxygen atoms in total. The number of thiophene rings is 1. The lowest BCUT2D eigenvalue weighted by Crippen LogP contribution is -2.26. The molecular weight excluding hydrogens is 394 g/mol. The number of esters is 1. The summed E-state index contributed by atoms with van der Waals surface area (Å²) in [5.74, 6) is -0.815. The summed E-state index contributed by atoms with van der Waals surface area (Å²) in [5, 5.41) is 14.0. The zero-order valence-corrected chi connectivity index (χ0v) is 17.0. The van der Waals surface area contributed by atoms with Crippen molar-refractivity contribution in [2.75, 3.05) is 25.5 Å². The van der Waals surface area contributed by atoms with Crippen LogP contribution in [0.25, 0.3) is 6.08 Å². The van der Waals surface area contributed by atoms with Gasteiger partial charge < -0.3 is 15.0 Å². The van der Waals surface area contributed by atoms with E-state index < -0.39 is 10.9 Å². The number of nitrogens with zero attached hydrogens (tertiary/aromatic N) is 2. The number of non-ortho nitro benzene ring substituents is 1. The van der Waals surface area contributed by atoms with Gasteiger partial charge in [0.15, 0.2) is 0 Å². The van der Waals surface area contributed by atoms with Crippen molar-refractivity contribution in [3.63, 3.8) is 0 Å². The van der Waals surface area contributed by atoms with Crippen LogP contribution in [0.5, 0.6) is 0 Å². The lowest BCUT2D eigenvalue weighted by atomic mass is 10.0. The van der Waals surface area contributed by atoms with E-state index in [4.69, 9.17) is 4.74 Å². The summed E-state index contributed by atoms with van der Waals surface area (Å²) in [6.07, 6.45) is 3.62. The number of amides is 1. The van der Waals surface area contributed by atoms with E-state index in [0.29, 0.717) is 16.1 Å². The van der Waals surface area contributed by atoms with Crippen molar-refractivity contribution >= 4 is 40.0 Å². The maximum absolute atomic E-state index is 12.5. The van der Waals surface area contributed by atoms with Crippen LogP contribution in [0, 0.1) is 10.1 Å². The Kier molecular flexibility index (Phi) is 6.40. The molecule has 0 atom stereocenters. The van der Waals surface area contributed by atoms with Crippen molar-refractivity contribution in [3.05, 3.63) is 62.0 Å². The van der Waals surface area contributed by atoms with Gasteiger partial charge in [-0.1, -0.05) is 0 Å². The van der Waals surface area contributed by atoms with Crippen LogP contribution in [0.2, 0.25) is 0 Å². The molecule has 1 amide bonds. The summed E-state index contributed by atoms with van der Waals surface area (Å²) in [6, 6.07) is 5.87. The van der Waals surface area contributed by atoms with Crippen LogP contribution in [0.1, 0.15) is 33.3 Å². The number of ether oxygens (including phenoxy) is 1. The Morgan fingerprint density at radius 1 is 1.34 bits per heavy atom. The van der Waals surface area contributed by atoms with Crippen molar-refractivity contribution in [2.45, 2.75) is 19.9 Å². The van der Waals surface area contributed by atoms with Gasteiger partial charge in [0.1, 0.15) is 5.00 Å². The number of likely N-dealkylation sites (N-methyl/N-ethyl adjacent to an activating group) is 1. The van der Waals surface area contributed by atoms with Gasteiger partial charge in [-0.05, 0) is 49.7 Å². The molecule has 1 aromatic heterocycles. The van der Waals surface area contributed by atoms with Crippen LogP contribution >= 0.6 is 11.3 Å². The highest BCUT2D eigenvalue weighted by molar-refractivity contribution is 7.17. The average Bonchev–Trinajstić information content (AvgIpc) is 3.03. The molecule has 0 saturated carbocycles. The molecule has 0 spiro atoms. The lowest BCUT2D eigenvalue weighted by Gasteiger charge is -2.22. The molecule has 0 bridgehead atoms. The summed E-state index contributed by atoms with van der Waals surface area (Å²) >= 11 is 1.39. The smallest absolute Gasteiger partial charge is 0.341 e. The fourth-order valence-corrected chi connectivity index (χ4v) is 4.39. The number of rotatable bonds is 6. The first-order valence-corrected chi connectivity index (χ1v) is 9.94. The summed E-state index contributed by atoms with van der Waals surface area (Å²) in [7, 11) is 2.01. The number of carbonyl (C=O) groups excluding carboxylic acids is 2. The van der Waals surface area contributed by atoms with Crippen LogP contribution in [0.15, 0.2) is 30.3 Å². The largest absolute Gasteiger partial charge is 0.462 e. The third-order valence-corrected chi connectivity index (χ3v) is 5.63. The number of benzene rings is 1. The molecule has 9 heteroatoms. The van der Waals surface area contributed by atoms with Crippen LogP contribution in [0.4, 0.5) is 10.7 Å². The number of hydrogen-bond donors (Lipinski definition) is 1. The fourth-order valence-electron chi connectivity index (χ4n) is 3.07. The molecule has 2 heterocycles. The molecule has 3 rings (SSSR count). The Bertz CT molecular complexity index is 965. The van der Waals surface area contributed by atoms with Gasteiger partial charge in [0.2, 0.25) is 5.91 Å². The first-order chi connectivity index (χ1) is 13.9. The van der Waals surface area contributed by atoms with Crippen LogP contribution < -0.4 is 5.32 Å². The lowest BCUT2D eigenvalue weighted by molar-refractivity contribution is -0.384. The molecule has 0 aliphatic carbocycles. The topological polar surface area (TPSA) is 102 Å². The van der Waals surface area contributed by atoms with Crippen molar-refractivity contribution in [3.8, 4) is 0 Å². The molecule has 1 aromatic carbocycles. The highest BCUT2D eigenvalue weighted by Crippen LogP contribution is 2.37. The molecule has 152 valence electrons. The van der Waals surface area contributed by atoms with E-state index >= 15 is 0 Å². The molecule has 1 aliphatic rings. The Morgan fingerprint density at radius 2 is 2.07 bits per heavy atom. The third-order valence-electron chi connectivity index (χ3n) is 4.50. The third kappa shape index (κ3) is 4.87. The summed E-state index contributed by atoms with van der Waals surface area (Å²) in [4.78, 5) is 38.3. The van der Waals surface area contributed by atoms with E-state index in [1.165, 1.54) is 29.5 Å². The number of nitro benzene ring substituents is 1. The van der Waals surface area contributed by atoms with Crippen molar-refractivity contribution < 1.29 is 19.2 Å². The number of hydrogen-bond acceptors (Lipinski definition) is 7. The van der Waals surface area contributed by atoms with Crippen LogP contribution in [0.3, 0.4) is 0 Å². The van der Waals surface area contributed by atoms with Crippen molar-refractivity contribution in [2.24, 2.45) is 0 Å². The van der Waals surface area contributed by atoms with E-state index in [9.17, 15) is 19.7 Å². The van der Waals surface area contributed by atoms with Gasteiger partial charge in [0.25, 0.3) is 5.69 Å². The van der Waals surface area contributed by atoms with Crippen LogP contribution in [-0.2, 0) is 22.5 Å². The Labute approximate surface area is 171 Å². The second-order valence-corrected chi connectivity index (χ2v) is 7.69. The van der Waals surface area contributed by atoms with Gasteiger partial charge in [-0.15, -0.1) is 11.3 Å². The number of carbonyl (C=O) groups is 2. The van der Waals surface area contributed by atoms with Gasteiger partial charge in [-0.25, -0.2) is 4.79 Å². The first kappa shape index (κ1) is 20.7. The fraction of sp³-hybridized carbons (Fsp3) is 0.300. The second kappa shape index (κ2) is 8.97. The normalized spacial score (nSPS) is 13.9. The van der Waals surface area contributed by atoms with E-state index in [0.717, 1.165) is 30.0 Å². The van der Waals surface area contributed by atoms with Crippen molar-refractivity contribution in [1.29, 1.82) is 0 Å². The predicted octanol–water partition coefficient (Wildman–Crippen LogP) is 3.47. The molecule has 0 fully saturated rings. The molecule has 1 N–H and O–H groups in total. The summed E-state index contributed by atoms with van der Waals surface area (Å²) < 4.78 is 5.19. The molecule has 2 aromatic rings. The Hall–Kier alpha value is -3.04. The number of nitrogens with one attached hydrogen (secondary N) is 1. The maximum atomic E-state index is 12.5. The van der Waals surface area contributed by atoms with Gasteiger partial charge in [0, 0.05) is 36.2 Å². The minimum absolute atomic E-state index is 0.0141.